The number of nitrogens with zero attached hydrogens (tertiary/aromatic N) is 2. The van der Waals surface area contributed by atoms with Crippen molar-refractivity contribution in [2.24, 2.45) is 0 Å². The van der Waals surface area contributed by atoms with Gasteiger partial charge in [-0.25, -0.2) is 8.42 Å². The zero-order chi connectivity index (χ0) is 23.5. The van der Waals surface area contributed by atoms with Crippen molar-refractivity contribution in [3.63, 3.8) is 0 Å². The normalized spacial score (nSPS) is 12.1. The third-order valence-corrected chi connectivity index (χ3v) is 7.06. The standard InChI is InChI=1S/C22H21ClN2O6S/c1-15(16-5-4-6-17(23)13-16)24(19-9-12-21(30-2)22(14-19)31-3)32(28,29)20-10-7-18(8-11-20)25(26)27/h4-15H,1-3H3/t15-/m1/s1. The number of non-ortho nitro benzene ring substituents is 1. The Morgan fingerprint density at radius 1 is 0.969 bits per heavy atom. The van der Waals surface area contributed by atoms with Gasteiger partial charge in [-0.3, -0.25) is 14.4 Å². The van der Waals surface area contributed by atoms with Crippen molar-refractivity contribution < 1.29 is 22.8 Å². The lowest BCUT2D eigenvalue weighted by Gasteiger charge is -2.31. The first-order valence-electron chi connectivity index (χ1n) is 9.45. The zero-order valence-electron chi connectivity index (χ0n) is 17.6. The van der Waals surface area contributed by atoms with Crippen molar-refractivity contribution in [1.82, 2.24) is 0 Å². The fourth-order valence-corrected chi connectivity index (χ4v) is 5.12. The van der Waals surface area contributed by atoms with E-state index in [2.05, 4.69) is 0 Å². The summed E-state index contributed by atoms with van der Waals surface area (Å²) in [5, 5.41) is 11.4. The van der Waals surface area contributed by atoms with Crippen molar-refractivity contribution in [2.45, 2.75) is 17.9 Å². The van der Waals surface area contributed by atoms with Gasteiger partial charge in [0.15, 0.2) is 11.5 Å². The molecule has 0 bridgehead atoms. The van der Waals surface area contributed by atoms with Crippen LogP contribution in [-0.4, -0.2) is 27.6 Å². The largest absolute Gasteiger partial charge is 0.493 e. The van der Waals surface area contributed by atoms with Crippen LogP contribution in [0.15, 0.2) is 71.6 Å². The van der Waals surface area contributed by atoms with Crippen LogP contribution in [-0.2, 0) is 10.0 Å². The van der Waals surface area contributed by atoms with Gasteiger partial charge in [-0.15, -0.1) is 0 Å². The molecule has 168 valence electrons. The molecule has 10 heteroatoms. The molecule has 0 radical (unpaired) electrons. The van der Waals surface area contributed by atoms with Gasteiger partial charge in [0.05, 0.1) is 35.8 Å². The first kappa shape index (κ1) is 23.4. The van der Waals surface area contributed by atoms with E-state index in [-0.39, 0.29) is 10.6 Å². The summed E-state index contributed by atoms with van der Waals surface area (Å²) < 4.78 is 39.3. The highest BCUT2D eigenvalue weighted by molar-refractivity contribution is 7.92. The molecule has 8 nitrogen and oxygen atoms in total. The van der Waals surface area contributed by atoms with E-state index < -0.39 is 21.0 Å². The molecule has 0 aliphatic rings. The van der Waals surface area contributed by atoms with Crippen molar-refractivity contribution in [3.05, 3.63) is 87.4 Å². The van der Waals surface area contributed by atoms with Gasteiger partial charge < -0.3 is 9.47 Å². The Morgan fingerprint density at radius 2 is 1.62 bits per heavy atom. The molecule has 0 aliphatic heterocycles. The van der Waals surface area contributed by atoms with Crippen LogP contribution < -0.4 is 13.8 Å². The van der Waals surface area contributed by atoms with E-state index in [9.17, 15) is 18.5 Å². The van der Waals surface area contributed by atoms with Crippen molar-refractivity contribution in [1.29, 1.82) is 0 Å². The molecule has 0 fully saturated rings. The molecule has 0 aromatic heterocycles. The van der Waals surface area contributed by atoms with Gasteiger partial charge >= 0.3 is 0 Å². The summed E-state index contributed by atoms with van der Waals surface area (Å²) in [4.78, 5) is 10.3. The number of ether oxygens (including phenoxy) is 2. The van der Waals surface area contributed by atoms with Gasteiger partial charge in [-0.05, 0) is 48.9 Å². The minimum absolute atomic E-state index is 0.0910. The van der Waals surface area contributed by atoms with Crippen LogP contribution in [0.1, 0.15) is 18.5 Å². The lowest BCUT2D eigenvalue weighted by molar-refractivity contribution is -0.384. The summed E-state index contributed by atoms with van der Waals surface area (Å²) in [5.41, 5.74) is 0.788. The molecule has 0 amide bonds. The molecular formula is C22H21ClN2O6S. The Balaban J connectivity index is 2.18. The number of nitro groups is 1. The average Bonchev–Trinajstić information content (AvgIpc) is 2.78. The Bertz CT molecular complexity index is 1230. The summed E-state index contributed by atoms with van der Waals surface area (Å²) in [6.07, 6.45) is 0. The predicted octanol–water partition coefficient (Wildman–Crippen LogP) is 5.22. The Hall–Kier alpha value is -3.30. The monoisotopic (exact) mass is 476 g/mol. The number of hydrogen-bond acceptors (Lipinski definition) is 6. The first-order chi connectivity index (χ1) is 15.2. The molecule has 1 atom stereocenters. The molecule has 3 aromatic carbocycles. The maximum atomic E-state index is 13.7. The third kappa shape index (κ3) is 4.63. The highest BCUT2D eigenvalue weighted by Gasteiger charge is 2.31. The average molecular weight is 477 g/mol. The zero-order valence-corrected chi connectivity index (χ0v) is 19.1. The molecule has 0 unspecified atom stereocenters. The minimum atomic E-state index is -4.13. The van der Waals surface area contributed by atoms with E-state index in [1.807, 2.05) is 0 Å². The maximum Gasteiger partial charge on any atom is 0.269 e. The molecule has 3 aromatic rings. The van der Waals surface area contributed by atoms with Crippen molar-refractivity contribution in [2.75, 3.05) is 18.5 Å². The number of methoxy groups -OCH3 is 2. The van der Waals surface area contributed by atoms with Gasteiger partial charge in [-0.2, -0.15) is 0 Å². The van der Waals surface area contributed by atoms with Gasteiger partial charge in [0.25, 0.3) is 15.7 Å². The van der Waals surface area contributed by atoms with E-state index in [1.165, 1.54) is 30.7 Å². The first-order valence-corrected chi connectivity index (χ1v) is 11.3. The van der Waals surface area contributed by atoms with Gasteiger partial charge in [0.2, 0.25) is 0 Å². The molecule has 32 heavy (non-hydrogen) atoms. The lowest BCUT2D eigenvalue weighted by Crippen LogP contribution is -2.33. The molecule has 3 rings (SSSR count). The number of anilines is 1. The fourth-order valence-electron chi connectivity index (χ4n) is 3.29. The highest BCUT2D eigenvalue weighted by atomic mass is 35.5. The van der Waals surface area contributed by atoms with Crippen LogP contribution in [0.5, 0.6) is 11.5 Å². The number of halogens is 1. The Kier molecular flexibility index (Phi) is 6.90. The van der Waals surface area contributed by atoms with E-state index in [0.717, 1.165) is 12.1 Å². The van der Waals surface area contributed by atoms with Gasteiger partial charge in [0.1, 0.15) is 0 Å². The van der Waals surface area contributed by atoms with E-state index in [0.29, 0.717) is 27.8 Å². The second-order valence-corrected chi connectivity index (χ2v) is 9.07. The number of nitro benzene ring substituents is 1. The van der Waals surface area contributed by atoms with Gasteiger partial charge in [-0.1, -0.05) is 23.7 Å². The number of rotatable bonds is 8. The van der Waals surface area contributed by atoms with E-state index in [4.69, 9.17) is 21.1 Å². The van der Waals surface area contributed by atoms with Crippen LogP contribution in [0.4, 0.5) is 11.4 Å². The Morgan fingerprint density at radius 3 is 2.19 bits per heavy atom. The van der Waals surface area contributed by atoms with Crippen LogP contribution >= 0.6 is 11.6 Å². The molecule has 0 heterocycles. The molecule has 0 aliphatic carbocycles. The van der Waals surface area contributed by atoms with Crippen molar-refractivity contribution >= 4 is 33.0 Å². The van der Waals surface area contributed by atoms with E-state index >= 15 is 0 Å². The summed E-state index contributed by atoms with van der Waals surface area (Å²) in [7, 11) is -1.19. The lowest BCUT2D eigenvalue weighted by atomic mass is 10.1. The number of sulfonamides is 1. The van der Waals surface area contributed by atoms with Gasteiger partial charge in [0, 0.05) is 23.2 Å². The number of benzene rings is 3. The molecule has 0 N–H and O–H groups in total. The predicted molar refractivity (Wildman–Crippen MR) is 122 cm³/mol. The summed E-state index contributed by atoms with van der Waals surface area (Å²) >= 11 is 6.14. The molecule has 0 saturated heterocycles. The molecule has 0 spiro atoms. The van der Waals surface area contributed by atoms with Crippen molar-refractivity contribution in [3.8, 4) is 11.5 Å². The summed E-state index contributed by atoms with van der Waals surface area (Å²) in [6, 6.07) is 15.7. The molecule has 0 saturated carbocycles. The summed E-state index contributed by atoms with van der Waals surface area (Å²) in [6.45, 7) is 1.73. The number of hydrogen-bond donors (Lipinski definition) is 0. The highest BCUT2D eigenvalue weighted by Crippen LogP contribution is 2.38. The van der Waals surface area contributed by atoms with E-state index in [1.54, 1.807) is 49.4 Å². The second-order valence-electron chi connectivity index (χ2n) is 6.82. The maximum absolute atomic E-state index is 13.7. The smallest absolute Gasteiger partial charge is 0.269 e. The van der Waals surface area contributed by atoms with Crippen LogP contribution in [0, 0.1) is 10.1 Å². The van der Waals surface area contributed by atoms with Crippen LogP contribution in [0.25, 0.3) is 0 Å². The summed E-state index contributed by atoms with van der Waals surface area (Å²) in [5.74, 6) is 0.798. The minimum Gasteiger partial charge on any atom is -0.493 e. The Labute approximate surface area is 191 Å². The second kappa shape index (κ2) is 9.46. The van der Waals surface area contributed by atoms with Crippen LogP contribution in [0.2, 0.25) is 5.02 Å². The third-order valence-electron chi connectivity index (χ3n) is 4.91. The fraction of sp³-hybridized carbons (Fsp3) is 0.182. The molecular weight excluding hydrogens is 456 g/mol. The topological polar surface area (TPSA) is 99.0 Å². The van der Waals surface area contributed by atoms with Crippen LogP contribution in [0.3, 0.4) is 0 Å². The quantitative estimate of drug-likeness (QED) is 0.326. The SMILES string of the molecule is COc1ccc(N([C@H](C)c2cccc(Cl)c2)S(=O)(=O)c2ccc([N+](=O)[O-])cc2)cc1OC.